The van der Waals surface area contributed by atoms with Gasteiger partial charge in [0.25, 0.3) is 0 Å². The maximum atomic E-state index is 4.49. The standard InChI is InChI=1S/C14H22N2S/c1-9(2)12-11-7-5-6-8-17-14(11)13(10(3)4)16-15-12/h9-10H,5-8H2,1-4H3. The van der Waals surface area contributed by atoms with Crippen LogP contribution in [-0.4, -0.2) is 16.0 Å². The van der Waals surface area contributed by atoms with E-state index >= 15 is 0 Å². The summed E-state index contributed by atoms with van der Waals surface area (Å²) in [6, 6.07) is 0. The summed E-state index contributed by atoms with van der Waals surface area (Å²) in [4.78, 5) is 1.44. The van der Waals surface area contributed by atoms with Crippen LogP contribution in [0.15, 0.2) is 4.90 Å². The second kappa shape index (κ2) is 5.38. The molecule has 2 heterocycles. The van der Waals surface area contributed by atoms with Crippen molar-refractivity contribution in [1.82, 2.24) is 10.2 Å². The minimum atomic E-state index is 0.475. The SMILES string of the molecule is CC(C)c1nnc(C(C)C)c2c1CCCCS2. The molecule has 0 amide bonds. The lowest BCUT2D eigenvalue weighted by molar-refractivity contribution is 0.676. The van der Waals surface area contributed by atoms with Crippen molar-refractivity contribution in [3.8, 4) is 0 Å². The van der Waals surface area contributed by atoms with Crippen molar-refractivity contribution in [2.45, 2.75) is 63.7 Å². The first-order valence-electron chi connectivity index (χ1n) is 6.63. The van der Waals surface area contributed by atoms with Gasteiger partial charge < -0.3 is 0 Å². The Bertz CT molecular complexity index is 362. The highest BCUT2D eigenvalue weighted by Crippen LogP contribution is 2.36. The Morgan fingerprint density at radius 2 is 1.59 bits per heavy atom. The van der Waals surface area contributed by atoms with E-state index in [-0.39, 0.29) is 0 Å². The van der Waals surface area contributed by atoms with E-state index in [1.807, 2.05) is 11.8 Å². The molecule has 0 atom stereocenters. The Morgan fingerprint density at radius 1 is 0.941 bits per heavy atom. The van der Waals surface area contributed by atoms with Crippen LogP contribution in [0.3, 0.4) is 0 Å². The van der Waals surface area contributed by atoms with Crippen LogP contribution in [0, 0.1) is 0 Å². The normalized spacial score (nSPS) is 16.1. The zero-order chi connectivity index (χ0) is 12.4. The lowest BCUT2D eigenvalue weighted by Gasteiger charge is -2.17. The van der Waals surface area contributed by atoms with Crippen LogP contribution in [-0.2, 0) is 6.42 Å². The van der Waals surface area contributed by atoms with Gasteiger partial charge in [-0.05, 0) is 42.4 Å². The molecule has 2 nitrogen and oxygen atoms in total. The molecule has 0 aromatic carbocycles. The van der Waals surface area contributed by atoms with E-state index in [0.29, 0.717) is 11.8 Å². The Hall–Kier alpha value is -0.570. The smallest absolute Gasteiger partial charge is 0.0794 e. The topological polar surface area (TPSA) is 25.8 Å². The molecular formula is C14H22N2S. The molecule has 0 N–H and O–H groups in total. The summed E-state index contributed by atoms with van der Waals surface area (Å²) in [6.45, 7) is 8.86. The molecule has 0 saturated heterocycles. The third-order valence-electron chi connectivity index (χ3n) is 3.24. The molecule has 3 heteroatoms. The summed E-state index contributed by atoms with van der Waals surface area (Å²) in [6.07, 6.45) is 3.79. The molecule has 1 aromatic rings. The van der Waals surface area contributed by atoms with Gasteiger partial charge in [-0.15, -0.1) is 11.8 Å². The van der Waals surface area contributed by atoms with Gasteiger partial charge in [0.15, 0.2) is 0 Å². The van der Waals surface area contributed by atoms with Gasteiger partial charge >= 0.3 is 0 Å². The quantitative estimate of drug-likeness (QED) is 0.788. The lowest BCUT2D eigenvalue weighted by atomic mass is 9.97. The fourth-order valence-electron chi connectivity index (χ4n) is 2.31. The molecule has 0 aliphatic carbocycles. The summed E-state index contributed by atoms with van der Waals surface area (Å²) in [5.41, 5.74) is 3.91. The van der Waals surface area contributed by atoms with E-state index in [2.05, 4.69) is 37.9 Å². The fraction of sp³-hybridized carbons (Fsp3) is 0.714. The first-order chi connectivity index (χ1) is 8.11. The molecule has 0 bridgehead atoms. The first-order valence-corrected chi connectivity index (χ1v) is 7.62. The fourth-order valence-corrected chi connectivity index (χ4v) is 3.66. The molecular weight excluding hydrogens is 228 g/mol. The van der Waals surface area contributed by atoms with Gasteiger partial charge in [-0.3, -0.25) is 0 Å². The summed E-state index contributed by atoms with van der Waals surface area (Å²) in [5.74, 6) is 2.19. The van der Waals surface area contributed by atoms with Crippen molar-refractivity contribution < 1.29 is 0 Å². The number of hydrogen-bond donors (Lipinski definition) is 0. The van der Waals surface area contributed by atoms with Crippen molar-refractivity contribution in [2.75, 3.05) is 5.75 Å². The highest BCUT2D eigenvalue weighted by Gasteiger charge is 2.21. The Kier molecular flexibility index (Phi) is 4.08. The molecule has 0 fully saturated rings. The third kappa shape index (κ3) is 2.65. The summed E-state index contributed by atoms with van der Waals surface area (Å²) in [7, 11) is 0. The Balaban J connectivity index is 2.54. The second-order valence-electron chi connectivity index (χ2n) is 5.39. The molecule has 1 aromatic heterocycles. The number of hydrogen-bond acceptors (Lipinski definition) is 3. The predicted octanol–water partition coefficient (Wildman–Crippen LogP) is 4.15. The van der Waals surface area contributed by atoms with Gasteiger partial charge in [0.2, 0.25) is 0 Å². The van der Waals surface area contributed by atoms with Gasteiger partial charge in [-0.2, -0.15) is 10.2 Å². The minimum Gasteiger partial charge on any atom is -0.155 e. The Morgan fingerprint density at radius 3 is 2.24 bits per heavy atom. The number of nitrogens with zero attached hydrogens (tertiary/aromatic N) is 2. The summed E-state index contributed by atoms with van der Waals surface area (Å²) < 4.78 is 0. The van der Waals surface area contributed by atoms with Crippen molar-refractivity contribution >= 4 is 11.8 Å². The van der Waals surface area contributed by atoms with Crippen LogP contribution in [0.25, 0.3) is 0 Å². The highest BCUT2D eigenvalue weighted by molar-refractivity contribution is 7.99. The minimum absolute atomic E-state index is 0.475. The van der Waals surface area contributed by atoms with E-state index < -0.39 is 0 Å². The number of rotatable bonds is 2. The van der Waals surface area contributed by atoms with E-state index in [1.165, 1.54) is 46.9 Å². The third-order valence-corrected chi connectivity index (χ3v) is 4.48. The van der Waals surface area contributed by atoms with E-state index in [1.54, 1.807) is 0 Å². The molecule has 17 heavy (non-hydrogen) atoms. The molecule has 0 unspecified atom stereocenters. The summed E-state index contributed by atoms with van der Waals surface area (Å²) in [5, 5.41) is 8.97. The maximum Gasteiger partial charge on any atom is 0.0794 e. The lowest BCUT2D eigenvalue weighted by Crippen LogP contribution is -2.09. The molecule has 94 valence electrons. The van der Waals surface area contributed by atoms with Gasteiger partial charge in [-0.25, -0.2) is 0 Å². The molecule has 1 aliphatic heterocycles. The van der Waals surface area contributed by atoms with Crippen LogP contribution in [0.2, 0.25) is 0 Å². The first kappa shape index (κ1) is 12.9. The monoisotopic (exact) mass is 250 g/mol. The summed E-state index contributed by atoms with van der Waals surface area (Å²) >= 11 is 1.99. The number of aromatic nitrogens is 2. The molecule has 0 radical (unpaired) electrons. The van der Waals surface area contributed by atoms with E-state index in [9.17, 15) is 0 Å². The number of thioether (sulfide) groups is 1. The predicted molar refractivity (Wildman–Crippen MR) is 73.9 cm³/mol. The maximum absolute atomic E-state index is 4.49. The van der Waals surface area contributed by atoms with Crippen LogP contribution in [0.4, 0.5) is 0 Å². The van der Waals surface area contributed by atoms with Gasteiger partial charge in [-0.1, -0.05) is 27.7 Å². The Labute approximate surface area is 109 Å². The average molecular weight is 250 g/mol. The van der Waals surface area contributed by atoms with Gasteiger partial charge in [0.1, 0.15) is 0 Å². The zero-order valence-electron chi connectivity index (χ0n) is 11.3. The van der Waals surface area contributed by atoms with Crippen molar-refractivity contribution in [3.05, 3.63) is 17.0 Å². The van der Waals surface area contributed by atoms with Crippen LogP contribution in [0.5, 0.6) is 0 Å². The zero-order valence-corrected chi connectivity index (χ0v) is 12.1. The highest BCUT2D eigenvalue weighted by atomic mass is 32.2. The molecule has 2 rings (SSSR count). The van der Waals surface area contributed by atoms with Crippen molar-refractivity contribution in [2.24, 2.45) is 0 Å². The van der Waals surface area contributed by atoms with Crippen LogP contribution >= 0.6 is 11.8 Å². The van der Waals surface area contributed by atoms with Crippen molar-refractivity contribution in [1.29, 1.82) is 0 Å². The number of fused-ring (bicyclic) bond motifs is 1. The molecule has 0 spiro atoms. The van der Waals surface area contributed by atoms with Gasteiger partial charge in [0.05, 0.1) is 11.4 Å². The van der Waals surface area contributed by atoms with Crippen LogP contribution < -0.4 is 0 Å². The molecule has 0 saturated carbocycles. The van der Waals surface area contributed by atoms with Crippen LogP contribution in [0.1, 0.15) is 69.3 Å². The van der Waals surface area contributed by atoms with Crippen molar-refractivity contribution in [3.63, 3.8) is 0 Å². The largest absolute Gasteiger partial charge is 0.155 e. The molecule has 1 aliphatic rings. The second-order valence-corrected chi connectivity index (χ2v) is 6.50. The van der Waals surface area contributed by atoms with Gasteiger partial charge in [0, 0.05) is 4.90 Å². The average Bonchev–Trinajstić information content (AvgIpc) is 2.52. The van der Waals surface area contributed by atoms with E-state index in [4.69, 9.17) is 0 Å². The van der Waals surface area contributed by atoms with E-state index in [0.717, 1.165) is 0 Å².